The van der Waals surface area contributed by atoms with Crippen molar-refractivity contribution in [3.05, 3.63) is 59.2 Å². The Hall–Kier alpha value is -1.42. The van der Waals surface area contributed by atoms with E-state index in [0.29, 0.717) is 18.3 Å². The molecule has 172 valence electrons. The molecule has 0 unspecified atom stereocenters. The van der Waals surface area contributed by atoms with Crippen LogP contribution in [-0.4, -0.2) is 35.5 Å². The molecular formula is C28H43NO2. The smallest absolute Gasteiger partial charge is 0.0761 e. The second-order valence-electron chi connectivity index (χ2n) is 9.80. The van der Waals surface area contributed by atoms with E-state index in [-0.39, 0.29) is 12.0 Å². The molecule has 3 heteroatoms. The number of rotatable bonds is 13. The molecule has 1 aromatic rings. The van der Waals surface area contributed by atoms with Crippen molar-refractivity contribution in [2.45, 2.75) is 83.8 Å². The van der Waals surface area contributed by atoms with Crippen molar-refractivity contribution < 1.29 is 10.2 Å². The molecule has 1 fully saturated rings. The zero-order valence-corrected chi connectivity index (χ0v) is 19.6. The number of hydrogen-bond donors (Lipinski definition) is 3. The molecule has 0 heterocycles. The van der Waals surface area contributed by atoms with Crippen molar-refractivity contribution in [1.29, 1.82) is 0 Å². The van der Waals surface area contributed by atoms with Crippen molar-refractivity contribution in [3.8, 4) is 0 Å². The first-order chi connectivity index (χ1) is 15.1. The number of allylic oxidation sites excluding steroid dienone is 2. The Morgan fingerprint density at radius 2 is 2.00 bits per heavy atom. The molecule has 0 amide bonds. The molecule has 0 bridgehead atoms. The molecule has 31 heavy (non-hydrogen) atoms. The summed E-state index contributed by atoms with van der Waals surface area (Å²) >= 11 is 0. The fraction of sp³-hybridized carbons (Fsp3) is 0.643. The zero-order valence-electron chi connectivity index (χ0n) is 19.6. The van der Waals surface area contributed by atoms with Gasteiger partial charge in [-0.3, -0.25) is 0 Å². The molecule has 2 aliphatic carbocycles. The Bertz CT molecular complexity index is 725. The van der Waals surface area contributed by atoms with E-state index in [4.69, 9.17) is 0 Å². The molecule has 0 aliphatic heterocycles. The van der Waals surface area contributed by atoms with Crippen LogP contribution in [0.5, 0.6) is 0 Å². The van der Waals surface area contributed by atoms with Crippen molar-refractivity contribution in [1.82, 2.24) is 5.32 Å². The first kappa shape index (κ1) is 24.2. The molecule has 0 saturated heterocycles. The fourth-order valence-electron chi connectivity index (χ4n) is 5.40. The third kappa shape index (κ3) is 7.59. The number of fused-ring (bicyclic) bond motifs is 1. The van der Waals surface area contributed by atoms with Crippen molar-refractivity contribution in [2.75, 3.05) is 13.1 Å². The highest BCUT2D eigenvalue weighted by Gasteiger charge is 2.43. The summed E-state index contributed by atoms with van der Waals surface area (Å²) in [5.41, 5.74) is 3.98. The normalized spacial score (nSPS) is 26.4. The van der Waals surface area contributed by atoms with Crippen LogP contribution in [0.15, 0.2) is 48.1 Å². The van der Waals surface area contributed by atoms with Crippen LogP contribution in [0.4, 0.5) is 0 Å². The van der Waals surface area contributed by atoms with Crippen molar-refractivity contribution in [2.24, 2.45) is 17.8 Å². The molecule has 0 aromatic heterocycles. The summed E-state index contributed by atoms with van der Waals surface area (Å²) in [5.74, 6) is 1.21. The number of aliphatic hydroxyl groups is 2. The van der Waals surface area contributed by atoms with E-state index in [9.17, 15) is 10.2 Å². The van der Waals surface area contributed by atoms with E-state index in [1.165, 1.54) is 44.1 Å². The summed E-state index contributed by atoms with van der Waals surface area (Å²) in [6.45, 7) is 6.62. The van der Waals surface area contributed by atoms with Crippen LogP contribution in [0, 0.1) is 24.7 Å². The maximum atomic E-state index is 10.6. The van der Waals surface area contributed by atoms with Gasteiger partial charge in [-0.25, -0.2) is 0 Å². The predicted molar refractivity (Wildman–Crippen MR) is 130 cm³/mol. The maximum Gasteiger partial charge on any atom is 0.0761 e. The van der Waals surface area contributed by atoms with Gasteiger partial charge in [0.2, 0.25) is 0 Å². The minimum absolute atomic E-state index is 0.175. The number of aliphatic hydroxyl groups excluding tert-OH is 2. The summed E-state index contributed by atoms with van der Waals surface area (Å²) in [5, 5.41) is 24.6. The maximum absolute atomic E-state index is 10.6. The minimum atomic E-state index is -0.493. The van der Waals surface area contributed by atoms with Gasteiger partial charge in [0.1, 0.15) is 0 Å². The van der Waals surface area contributed by atoms with Crippen LogP contribution in [0.25, 0.3) is 0 Å². The molecule has 3 N–H and O–H groups in total. The molecule has 5 atom stereocenters. The Labute approximate surface area is 189 Å². The molecule has 0 spiro atoms. The molecule has 2 aliphatic rings. The second-order valence-corrected chi connectivity index (χ2v) is 9.80. The van der Waals surface area contributed by atoms with Gasteiger partial charge in [-0.1, -0.05) is 73.4 Å². The lowest BCUT2D eigenvalue weighted by Gasteiger charge is -2.19. The van der Waals surface area contributed by atoms with Gasteiger partial charge in [-0.2, -0.15) is 0 Å². The van der Waals surface area contributed by atoms with Gasteiger partial charge < -0.3 is 15.5 Å². The van der Waals surface area contributed by atoms with E-state index in [0.717, 1.165) is 31.5 Å². The SMILES string of the molecule is CCCCNCCCCCC1=C[C@H]2C[C@@H](O)[C@H](C=C[C@@H](O)Cc3cccc(C)c3)[C@H]2C1. The van der Waals surface area contributed by atoms with Crippen LogP contribution < -0.4 is 5.32 Å². The molecule has 3 nitrogen and oxygen atoms in total. The standard InChI is InChI=1S/C28H43NO2/c1-3-4-14-29-15-7-5-6-10-23-17-24-20-28(31)26(27(24)19-23)13-12-25(30)18-22-11-8-9-21(2)16-22/h8-9,11-13,16-17,24-31H,3-7,10,14-15,18-20H2,1-2H3/t24-,25+,26+,27-,28+/m0/s1. The Morgan fingerprint density at radius 1 is 1.16 bits per heavy atom. The summed E-state index contributed by atoms with van der Waals surface area (Å²) in [4.78, 5) is 0. The largest absolute Gasteiger partial charge is 0.392 e. The van der Waals surface area contributed by atoms with Crippen LogP contribution in [0.2, 0.25) is 0 Å². The van der Waals surface area contributed by atoms with Crippen LogP contribution in [0.1, 0.15) is 69.4 Å². The van der Waals surface area contributed by atoms with Gasteiger partial charge in [0.15, 0.2) is 0 Å². The molecular weight excluding hydrogens is 382 g/mol. The van der Waals surface area contributed by atoms with Crippen molar-refractivity contribution in [3.63, 3.8) is 0 Å². The quantitative estimate of drug-likeness (QED) is 0.295. The second kappa shape index (κ2) is 12.6. The topological polar surface area (TPSA) is 52.5 Å². The van der Waals surface area contributed by atoms with Gasteiger partial charge in [-0.05, 0) is 75.9 Å². The third-order valence-electron chi connectivity index (χ3n) is 7.09. The predicted octanol–water partition coefficient (Wildman–Crippen LogP) is 5.35. The fourth-order valence-corrected chi connectivity index (χ4v) is 5.40. The summed E-state index contributed by atoms with van der Waals surface area (Å²) < 4.78 is 0. The number of aryl methyl sites for hydroxylation is 1. The Balaban J connectivity index is 1.39. The van der Waals surface area contributed by atoms with Crippen LogP contribution in [-0.2, 0) is 6.42 Å². The van der Waals surface area contributed by atoms with Gasteiger partial charge in [0, 0.05) is 12.3 Å². The lowest BCUT2D eigenvalue weighted by molar-refractivity contribution is 0.140. The highest BCUT2D eigenvalue weighted by Crippen LogP contribution is 2.48. The van der Waals surface area contributed by atoms with E-state index in [1.54, 1.807) is 5.57 Å². The van der Waals surface area contributed by atoms with E-state index >= 15 is 0 Å². The van der Waals surface area contributed by atoms with Gasteiger partial charge in [-0.15, -0.1) is 0 Å². The molecule has 0 radical (unpaired) electrons. The number of nitrogens with one attached hydrogen (secondary N) is 1. The number of benzene rings is 1. The average molecular weight is 426 g/mol. The molecule has 1 aromatic carbocycles. The van der Waals surface area contributed by atoms with Crippen molar-refractivity contribution >= 4 is 0 Å². The number of unbranched alkanes of at least 4 members (excludes halogenated alkanes) is 3. The lowest BCUT2D eigenvalue weighted by atomic mass is 9.88. The lowest BCUT2D eigenvalue weighted by Crippen LogP contribution is -2.18. The molecule has 3 rings (SSSR count). The first-order valence-corrected chi connectivity index (χ1v) is 12.6. The highest BCUT2D eigenvalue weighted by molar-refractivity contribution is 5.24. The van der Waals surface area contributed by atoms with Gasteiger partial charge in [0.05, 0.1) is 12.2 Å². The molecule has 1 saturated carbocycles. The minimum Gasteiger partial charge on any atom is -0.392 e. The Kier molecular flexibility index (Phi) is 9.83. The first-order valence-electron chi connectivity index (χ1n) is 12.6. The Morgan fingerprint density at radius 3 is 2.81 bits per heavy atom. The van der Waals surface area contributed by atoms with Gasteiger partial charge in [0.25, 0.3) is 0 Å². The van der Waals surface area contributed by atoms with Crippen LogP contribution in [0.3, 0.4) is 0 Å². The average Bonchev–Trinajstić information content (AvgIpc) is 3.24. The zero-order chi connectivity index (χ0) is 22.1. The van der Waals surface area contributed by atoms with E-state index in [2.05, 4.69) is 49.5 Å². The summed E-state index contributed by atoms with van der Waals surface area (Å²) in [6.07, 6.45) is 15.9. The number of hydrogen-bond acceptors (Lipinski definition) is 3. The van der Waals surface area contributed by atoms with Gasteiger partial charge >= 0.3 is 0 Å². The van der Waals surface area contributed by atoms with E-state index < -0.39 is 6.10 Å². The monoisotopic (exact) mass is 425 g/mol. The third-order valence-corrected chi connectivity index (χ3v) is 7.09. The summed E-state index contributed by atoms with van der Waals surface area (Å²) in [7, 11) is 0. The summed E-state index contributed by atoms with van der Waals surface area (Å²) in [6, 6.07) is 8.32. The highest BCUT2D eigenvalue weighted by atomic mass is 16.3. The van der Waals surface area contributed by atoms with Crippen LogP contribution >= 0.6 is 0 Å². The van der Waals surface area contributed by atoms with E-state index in [1.807, 2.05) is 12.1 Å².